The van der Waals surface area contributed by atoms with Gasteiger partial charge in [-0.15, -0.1) is 0 Å². The number of aliphatic hydroxyl groups excluding tert-OH is 1. The van der Waals surface area contributed by atoms with Crippen LogP contribution in [-0.4, -0.2) is 55.2 Å². The summed E-state index contributed by atoms with van der Waals surface area (Å²) in [4.78, 5) is 33.5. The van der Waals surface area contributed by atoms with Gasteiger partial charge in [0.15, 0.2) is 0 Å². The quantitative estimate of drug-likeness (QED) is 0.450. The highest BCUT2D eigenvalue weighted by Gasteiger charge is 2.14. The van der Waals surface area contributed by atoms with Gasteiger partial charge in [-0.1, -0.05) is 5.18 Å². The summed E-state index contributed by atoms with van der Waals surface area (Å²) in [6, 6.07) is 0. The second-order valence-corrected chi connectivity index (χ2v) is 3.03. The lowest BCUT2D eigenvalue weighted by Crippen LogP contribution is -2.35. The molecule has 0 spiro atoms. The summed E-state index contributed by atoms with van der Waals surface area (Å²) in [6.07, 6.45) is -0.00267. The molecule has 0 aromatic carbocycles. The van der Waals surface area contributed by atoms with Crippen molar-refractivity contribution in [3.63, 3.8) is 0 Å². The van der Waals surface area contributed by atoms with Crippen LogP contribution in [0.15, 0.2) is 5.18 Å². The Morgan fingerprint density at radius 3 is 2.50 bits per heavy atom. The van der Waals surface area contributed by atoms with E-state index in [9.17, 15) is 14.5 Å². The van der Waals surface area contributed by atoms with Crippen LogP contribution in [0, 0.1) is 4.91 Å². The number of carbonyl (C=O) groups is 2. The van der Waals surface area contributed by atoms with Gasteiger partial charge in [-0.25, -0.2) is 0 Å². The van der Waals surface area contributed by atoms with Gasteiger partial charge in [-0.05, 0) is 0 Å². The Morgan fingerprint density at radius 1 is 1.31 bits per heavy atom. The molecule has 1 N–H and O–H groups in total. The third kappa shape index (κ3) is 6.07. The molecule has 0 fully saturated rings. The highest BCUT2D eigenvalue weighted by molar-refractivity contribution is 5.81. The van der Waals surface area contributed by atoms with E-state index in [1.54, 1.807) is 0 Å². The van der Waals surface area contributed by atoms with Gasteiger partial charge in [-0.2, -0.15) is 4.91 Å². The van der Waals surface area contributed by atoms with Crippen LogP contribution in [0.1, 0.15) is 12.8 Å². The summed E-state index contributed by atoms with van der Waals surface area (Å²) in [6.45, 7) is 0.0758. The minimum absolute atomic E-state index is 0.00549. The molecular weight excluding hydrogens is 216 g/mol. The number of aliphatic hydroxyl groups is 1. The Bertz CT molecular complexity index is 244. The third-order valence-electron chi connectivity index (χ3n) is 1.95. The molecule has 0 heterocycles. The molecule has 0 aromatic rings. The summed E-state index contributed by atoms with van der Waals surface area (Å²) < 4.78 is 4.39. The van der Waals surface area contributed by atoms with Gasteiger partial charge in [0.25, 0.3) is 0 Å². The number of esters is 1. The molecule has 7 nitrogen and oxygen atoms in total. The first-order valence-corrected chi connectivity index (χ1v) is 4.90. The average Bonchev–Trinajstić information content (AvgIpc) is 2.30. The average molecular weight is 232 g/mol. The number of hydrogen-bond donors (Lipinski definition) is 1. The van der Waals surface area contributed by atoms with E-state index in [2.05, 4.69) is 9.91 Å². The smallest absolute Gasteiger partial charge is 0.306 e. The molecule has 1 amide bonds. The fourth-order valence-electron chi connectivity index (χ4n) is 1.11. The minimum atomic E-state index is -0.467. The molecule has 0 aliphatic carbocycles. The van der Waals surface area contributed by atoms with E-state index < -0.39 is 5.97 Å². The van der Waals surface area contributed by atoms with E-state index in [4.69, 9.17) is 5.11 Å². The number of amides is 1. The summed E-state index contributed by atoms with van der Waals surface area (Å²) >= 11 is 0. The van der Waals surface area contributed by atoms with Crippen molar-refractivity contribution >= 4 is 11.9 Å². The molecule has 0 bridgehead atoms. The van der Waals surface area contributed by atoms with E-state index in [1.165, 1.54) is 12.0 Å². The Morgan fingerprint density at radius 2 is 2.00 bits per heavy atom. The van der Waals surface area contributed by atoms with Gasteiger partial charge in [0.05, 0.1) is 26.7 Å². The predicted octanol–water partition coefficient (Wildman–Crippen LogP) is -0.473. The second kappa shape index (κ2) is 8.78. The molecule has 16 heavy (non-hydrogen) atoms. The first-order chi connectivity index (χ1) is 7.65. The molecule has 0 aliphatic rings. The molecule has 0 rings (SSSR count). The lowest BCUT2D eigenvalue weighted by atomic mass is 10.2. The Kier molecular flexibility index (Phi) is 7.96. The zero-order valence-electron chi connectivity index (χ0n) is 9.22. The second-order valence-electron chi connectivity index (χ2n) is 3.03. The number of hydrogen-bond acceptors (Lipinski definition) is 6. The van der Waals surface area contributed by atoms with Crippen molar-refractivity contribution in [2.75, 3.05) is 33.4 Å². The number of carbonyl (C=O) groups excluding carboxylic acids is 2. The van der Waals surface area contributed by atoms with Crippen LogP contribution in [0.4, 0.5) is 0 Å². The van der Waals surface area contributed by atoms with Gasteiger partial charge in [0, 0.05) is 19.5 Å². The van der Waals surface area contributed by atoms with E-state index in [1.807, 2.05) is 0 Å². The number of methoxy groups -OCH3 is 1. The Hall–Kier alpha value is -1.50. The van der Waals surface area contributed by atoms with E-state index in [-0.39, 0.29) is 45.0 Å². The Labute approximate surface area is 93.3 Å². The summed E-state index contributed by atoms with van der Waals surface area (Å²) in [5.41, 5.74) is 0. The summed E-state index contributed by atoms with van der Waals surface area (Å²) in [5, 5.41) is 11.3. The number of nitrogens with zero attached hydrogens (tertiary/aromatic N) is 2. The lowest BCUT2D eigenvalue weighted by Gasteiger charge is -2.19. The molecule has 0 unspecified atom stereocenters. The van der Waals surface area contributed by atoms with Crippen molar-refractivity contribution in [2.45, 2.75) is 12.8 Å². The van der Waals surface area contributed by atoms with Crippen molar-refractivity contribution in [1.29, 1.82) is 0 Å². The number of nitroso groups, excluding NO2 is 1. The third-order valence-corrected chi connectivity index (χ3v) is 1.95. The van der Waals surface area contributed by atoms with Crippen molar-refractivity contribution in [2.24, 2.45) is 5.18 Å². The molecule has 0 saturated heterocycles. The zero-order valence-corrected chi connectivity index (χ0v) is 9.22. The van der Waals surface area contributed by atoms with Crippen LogP contribution in [0.3, 0.4) is 0 Å². The fourth-order valence-corrected chi connectivity index (χ4v) is 1.11. The molecule has 0 aromatic heterocycles. The summed E-state index contributed by atoms with van der Waals surface area (Å²) in [5.74, 6) is -0.770. The standard InChI is InChI=1S/C9H16N2O5/c1-16-9(14)3-2-8(13)11(6-7-12)5-4-10-15/h12H,2-7H2,1H3. The van der Waals surface area contributed by atoms with Crippen LogP contribution >= 0.6 is 0 Å². The van der Waals surface area contributed by atoms with Crippen LogP contribution in [-0.2, 0) is 14.3 Å². The number of ether oxygens (including phenoxy) is 1. The van der Waals surface area contributed by atoms with Crippen molar-refractivity contribution in [1.82, 2.24) is 4.90 Å². The van der Waals surface area contributed by atoms with Gasteiger partial charge >= 0.3 is 5.97 Å². The van der Waals surface area contributed by atoms with Crippen LogP contribution in [0.25, 0.3) is 0 Å². The van der Waals surface area contributed by atoms with Gasteiger partial charge in [0.2, 0.25) is 5.91 Å². The first kappa shape index (κ1) is 14.5. The van der Waals surface area contributed by atoms with Crippen molar-refractivity contribution in [3.8, 4) is 0 Å². The normalized spacial score (nSPS) is 9.62. The summed E-state index contributed by atoms with van der Waals surface area (Å²) in [7, 11) is 1.24. The molecule has 0 atom stereocenters. The maximum atomic E-state index is 11.5. The van der Waals surface area contributed by atoms with Crippen LogP contribution in [0.5, 0.6) is 0 Å². The lowest BCUT2D eigenvalue weighted by molar-refractivity contribution is -0.143. The van der Waals surface area contributed by atoms with Crippen molar-refractivity contribution in [3.05, 3.63) is 4.91 Å². The molecular formula is C9H16N2O5. The Balaban J connectivity index is 4.04. The maximum absolute atomic E-state index is 11.5. The molecule has 0 radical (unpaired) electrons. The van der Waals surface area contributed by atoms with Crippen LogP contribution in [0.2, 0.25) is 0 Å². The van der Waals surface area contributed by atoms with Gasteiger partial charge < -0.3 is 14.7 Å². The predicted molar refractivity (Wildman–Crippen MR) is 55.6 cm³/mol. The molecule has 7 heteroatoms. The van der Waals surface area contributed by atoms with E-state index in [0.717, 1.165) is 0 Å². The highest BCUT2D eigenvalue weighted by Crippen LogP contribution is 1.99. The zero-order chi connectivity index (χ0) is 12.4. The monoisotopic (exact) mass is 232 g/mol. The maximum Gasteiger partial charge on any atom is 0.306 e. The molecule has 92 valence electrons. The topological polar surface area (TPSA) is 96.3 Å². The fraction of sp³-hybridized carbons (Fsp3) is 0.778. The largest absolute Gasteiger partial charge is 0.469 e. The molecule has 0 aliphatic heterocycles. The SMILES string of the molecule is COC(=O)CCC(=O)N(CCO)CCN=O. The minimum Gasteiger partial charge on any atom is -0.469 e. The highest BCUT2D eigenvalue weighted by atomic mass is 16.5. The van der Waals surface area contributed by atoms with E-state index in [0.29, 0.717) is 0 Å². The molecule has 0 saturated carbocycles. The van der Waals surface area contributed by atoms with Crippen LogP contribution < -0.4 is 0 Å². The van der Waals surface area contributed by atoms with Crippen molar-refractivity contribution < 1.29 is 19.4 Å². The van der Waals surface area contributed by atoms with Gasteiger partial charge in [0.1, 0.15) is 0 Å². The first-order valence-electron chi connectivity index (χ1n) is 4.90. The van der Waals surface area contributed by atoms with E-state index >= 15 is 0 Å². The number of rotatable bonds is 8. The van der Waals surface area contributed by atoms with Gasteiger partial charge in [-0.3, -0.25) is 9.59 Å².